The molecule has 1 saturated carbocycles. The lowest BCUT2D eigenvalue weighted by Gasteiger charge is -2.18. The number of amides is 1. The average molecular weight is 376 g/mol. The van der Waals surface area contributed by atoms with Gasteiger partial charge in [0.25, 0.3) is 0 Å². The van der Waals surface area contributed by atoms with Crippen molar-refractivity contribution in [3.63, 3.8) is 0 Å². The van der Waals surface area contributed by atoms with Gasteiger partial charge < -0.3 is 10.4 Å². The Hall–Kier alpha value is -1.98. The number of aromatic carboxylic acids is 1. The van der Waals surface area contributed by atoms with Gasteiger partial charge in [-0.05, 0) is 54.2 Å². The van der Waals surface area contributed by atoms with Gasteiger partial charge >= 0.3 is 5.97 Å². The summed E-state index contributed by atoms with van der Waals surface area (Å²) in [6, 6.07) is 9.14. The van der Waals surface area contributed by atoms with Crippen LogP contribution in [0, 0.1) is 6.92 Å². The van der Waals surface area contributed by atoms with Crippen LogP contribution in [0.1, 0.15) is 46.3 Å². The Bertz CT molecular complexity index is 883. The lowest BCUT2D eigenvalue weighted by molar-refractivity contribution is -0.105. The molecular formula is C19H18ClNO3S. The van der Waals surface area contributed by atoms with Crippen molar-refractivity contribution in [3.8, 4) is 0 Å². The fraction of sp³-hybridized carbons (Fsp3) is 0.263. The fourth-order valence-electron chi connectivity index (χ4n) is 3.45. The minimum Gasteiger partial charge on any atom is -0.478 e. The lowest BCUT2D eigenvalue weighted by Crippen LogP contribution is -2.10. The van der Waals surface area contributed by atoms with Crippen molar-refractivity contribution >= 4 is 42.3 Å². The number of halogens is 1. The Morgan fingerprint density at radius 2 is 2.12 bits per heavy atom. The van der Waals surface area contributed by atoms with Gasteiger partial charge in [0.1, 0.15) is 0 Å². The van der Waals surface area contributed by atoms with E-state index in [9.17, 15) is 14.7 Å². The fourth-order valence-corrected chi connectivity index (χ4v) is 3.81. The standard InChI is InChI=1S/C19H18ClNO3S/c1-10-3-4-11(5-12(10)18(23)24)14-8-19(14,2)13-6-17(25)15(20)7-16(13)21-9-22/h3-7,9,14,25H,8H2,1-2H3,(H,21,22)(H,23,24). The monoisotopic (exact) mass is 375 g/mol. The van der Waals surface area contributed by atoms with E-state index < -0.39 is 5.97 Å². The number of nitrogens with one attached hydrogen (secondary N) is 1. The van der Waals surface area contributed by atoms with Gasteiger partial charge in [-0.3, -0.25) is 4.79 Å². The van der Waals surface area contributed by atoms with E-state index in [2.05, 4.69) is 24.9 Å². The predicted octanol–water partition coefficient (Wildman–Crippen LogP) is 4.65. The van der Waals surface area contributed by atoms with Crippen LogP contribution < -0.4 is 5.32 Å². The summed E-state index contributed by atoms with van der Waals surface area (Å²) in [6.07, 6.45) is 1.49. The second kappa shape index (κ2) is 6.39. The van der Waals surface area contributed by atoms with Gasteiger partial charge in [-0.1, -0.05) is 30.7 Å². The summed E-state index contributed by atoms with van der Waals surface area (Å²) in [4.78, 5) is 23.0. The molecule has 0 saturated heterocycles. The molecule has 4 nitrogen and oxygen atoms in total. The summed E-state index contributed by atoms with van der Waals surface area (Å²) < 4.78 is 0. The summed E-state index contributed by atoms with van der Waals surface area (Å²) in [6.45, 7) is 3.89. The smallest absolute Gasteiger partial charge is 0.335 e. The summed E-state index contributed by atoms with van der Waals surface area (Å²) in [5.74, 6) is -0.749. The number of carboxylic acids is 1. The number of carbonyl (C=O) groups is 2. The third-order valence-corrected chi connectivity index (χ3v) is 5.86. The molecule has 0 spiro atoms. The van der Waals surface area contributed by atoms with Crippen molar-refractivity contribution in [1.29, 1.82) is 0 Å². The molecule has 2 atom stereocenters. The van der Waals surface area contributed by atoms with Crippen LogP contribution in [-0.2, 0) is 10.2 Å². The molecule has 0 bridgehead atoms. The maximum atomic E-state index is 11.4. The maximum Gasteiger partial charge on any atom is 0.335 e. The van der Waals surface area contributed by atoms with Crippen molar-refractivity contribution in [1.82, 2.24) is 0 Å². The van der Waals surface area contributed by atoms with Crippen LogP contribution >= 0.6 is 24.2 Å². The Labute approximate surface area is 156 Å². The van der Waals surface area contributed by atoms with Crippen molar-refractivity contribution in [2.24, 2.45) is 0 Å². The Morgan fingerprint density at radius 3 is 2.76 bits per heavy atom. The van der Waals surface area contributed by atoms with Gasteiger partial charge in [0.2, 0.25) is 6.41 Å². The first-order valence-corrected chi connectivity index (χ1v) is 8.67. The molecule has 1 aliphatic rings. The summed E-state index contributed by atoms with van der Waals surface area (Å²) >= 11 is 10.5. The molecule has 2 aromatic rings. The number of rotatable bonds is 5. The second-order valence-electron chi connectivity index (χ2n) is 6.67. The van der Waals surface area contributed by atoms with Crippen LogP contribution in [0.3, 0.4) is 0 Å². The maximum absolute atomic E-state index is 11.4. The molecule has 2 aromatic carbocycles. The van der Waals surface area contributed by atoms with Gasteiger partial charge in [-0.2, -0.15) is 0 Å². The van der Waals surface area contributed by atoms with Crippen LogP contribution in [0.15, 0.2) is 35.2 Å². The van der Waals surface area contributed by atoms with Crippen LogP contribution in [0.25, 0.3) is 0 Å². The summed E-state index contributed by atoms with van der Waals surface area (Å²) in [7, 11) is 0. The first-order valence-electron chi connectivity index (χ1n) is 7.85. The molecule has 0 radical (unpaired) electrons. The van der Waals surface area contributed by atoms with E-state index in [0.717, 1.165) is 23.1 Å². The average Bonchev–Trinajstić information content (AvgIpc) is 3.24. The van der Waals surface area contributed by atoms with Gasteiger partial charge in [0.05, 0.1) is 10.6 Å². The van der Waals surface area contributed by atoms with Crippen LogP contribution in [0.5, 0.6) is 0 Å². The zero-order chi connectivity index (χ0) is 18.4. The Morgan fingerprint density at radius 1 is 1.40 bits per heavy atom. The number of thiol groups is 1. The first-order chi connectivity index (χ1) is 11.8. The third-order valence-electron chi connectivity index (χ3n) is 5.05. The largest absolute Gasteiger partial charge is 0.478 e. The number of carboxylic acid groups (broad SMARTS) is 1. The Balaban J connectivity index is 2.01. The molecule has 1 amide bonds. The molecule has 2 unspecified atom stereocenters. The van der Waals surface area contributed by atoms with Crippen molar-refractivity contribution < 1.29 is 14.7 Å². The van der Waals surface area contributed by atoms with E-state index in [1.54, 1.807) is 19.1 Å². The normalized spacial score (nSPS) is 21.7. The SMILES string of the molecule is Cc1ccc(C2CC2(C)c2cc(S)c(Cl)cc2NC=O)cc1C(=O)O. The van der Waals surface area contributed by atoms with E-state index >= 15 is 0 Å². The molecule has 2 N–H and O–H groups in total. The highest BCUT2D eigenvalue weighted by molar-refractivity contribution is 7.80. The number of aryl methyl sites for hydroxylation is 1. The molecule has 0 aliphatic heterocycles. The van der Waals surface area contributed by atoms with Crippen LogP contribution in [-0.4, -0.2) is 17.5 Å². The zero-order valence-electron chi connectivity index (χ0n) is 13.8. The number of anilines is 1. The van der Waals surface area contributed by atoms with Crippen molar-refractivity contribution in [2.45, 2.75) is 36.5 Å². The number of carbonyl (C=O) groups excluding carboxylic acids is 1. The highest BCUT2D eigenvalue weighted by Crippen LogP contribution is 2.62. The molecule has 3 rings (SSSR count). The topological polar surface area (TPSA) is 66.4 Å². The second-order valence-corrected chi connectivity index (χ2v) is 7.55. The minimum atomic E-state index is -0.922. The first kappa shape index (κ1) is 17.8. The van der Waals surface area contributed by atoms with Gasteiger partial charge in [-0.25, -0.2) is 4.79 Å². The molecule has 0 aromatic heterocycles. The molecule has 25 heavy (non-hydrogen) atoms. The van der Waals surface area contributed by atoms with Gasteiger partial charge in [0, 0.05) is 16.0 Å². The Kier molecular flexibility index (Phi) is 4.56. The highest BCUT2D eigenvalue weighted by atomic mass is 35.5. The molecule has 0 heterocycles. The molecule has 1 fully saturated rings. The molecule has 130 valence electrons. The molecule has 1 aliphatic carbocycles. The predicted molar refractivity (Wildman–Crippen MR) is 101 cm³/mol. The van der Waals surface area contributed by atoms with Gasteiger partial charge in [0.15, 0.2) is 0 Å². The number of hydrogen-bond donors (Lipinski definition) is 3. The minimum absolute atomic E-state index is 0.173. The van der Waals surface area contributed by atoms with Crippen LogP contribution in [0.4, 0.5) is 5.69 Å². The van der Waals surface area contributed by atoms with E-state index in [-0.39, 0.29) is 11.3 Å². The number of benzene rings is 2. The van der Waals surface area contributed by atoms with E-state index in [1.165, 1.54) is 0 Å². The zero-order valence-corrected chi connectivity index (χ0v) is 15.5. The molecule has 6 heteroatoms. The van der Waals surface area contributed by atoms with E-state index in [4.69, 9.17) is 11.6 Å². The van der Waals surface area contributed by atoms with E-state index in [0.29, 0.717) is 27.6 Å². The van der Waals surface area contributed by atoms with E-state index in [1.807, 2.05) is 18.2 Å². The van der Waals surface area contributed by atoms with Crippen molar-refractivity contribution in [2.75, 3.05) is 5.32 Å². The molecular weight excluding hydrogens is 358 g/mol. The summed E-state index contributed by atoms with van der Waals surface area (Å²) in [5, 5.41) is 12.5. The quantitative estimate of drug-likeness (QED) is 0.526. The van der Waals surface area contributed by atoms with Crippen LogP contribution in [0.2, 0.25) is 5.02 Å². The third kappa shape index (κ3) is 3.14. The highest BCUT2D eigenvalue weighted by Gasteiger charge is 2.53. The lowest BCUT2D eigenvalue weighted by atomic mass is 9.90. The summed E-state index contributed by atoms with van der Waals surface area (Å²) in [5.41, 5.74) is 3.46. The van der Waals surface area contributed by atoms with Gasteiger partial charge in [-0.15, -0.1) is 12.6 Å². The number of hydrogen-bond acceptors (Lipinski definition) is 3. The van der Waals surface area contributed by atoms with Crippen molar-refractivity contribution in [3.05, 3.63) is 57.6 Å².